The SMILES string of the molecule is O=c1[nH]c(-c2ccccc2F)nc2sc3c(c12)CCC3. The molecule has 2 aromatic heterocycles. The van der Waals surface area contributed by atoms with Crippen molar-refractivity contribution in [3.63, 3.8) is 0 Å². The van der Waals surface area contributed by atoms with Crippen LogP contribution in [0.3, 0.4) is 0 Å². The predicted molar refractivity (Wildman–Crippen MR) is 77.7 cm³/mol. The van der Waals surface area contributed by atoms with Gasteiger partial charge in [0.25, 0.3) is 5.56 Å². The Morgan fingerprint density at radius 2 is 2.10 bits per heavy atom. The lowest BCUT2D eigenvalue weighted by Crippen LogP contribution is -2.10. The number of halogens is 1. The summed E-state index contributed by atoms with van der Waals surface area (Å²) in [4.78, 5) is 21.4. The van der Waals surface area contributed by atoms with Crippen molar-refractivity contribution in [3.05, 3.63) is 50.9 Å². The number of rotatable bonds is 1. The van der Waals surface area contributed by atoms with Crippen LogP contribution in [0.25, 0.3) is 21.6 Å². The summed E-state index contributed by atoms with van der Waals surface area (Å²) in [6.45, 7) is 0. The minimum atomic E-state index is -0.376. The van der Waals surface area contributed by atoms with Crippen LogP contribution in [0.15, 0.2) is 29.1 Å². The Labute approximate surface area is 118 Å². The summed E-state index contributed by atoms with van der Waals surface area (Å²) < 4.78 is 13.8. The van der Waals surface area contributed by atoms with Crippen molar-refractivity contribution in [1.82, 2.24) is 9.97 Å². The van der Waals surface area contributed by atoms with Crippen molar-refractivity contribution in [2.24, 2.45) is 0 Å². The van der Waals surface area contributed by atoms with Crippen LogP contribution in [0.2, 0.25) is 0 Å². The fourth-order valence-corrected chi connectivity index (χ4v) is 4.05. The molecule has 0 radical (unpaired) electrons. The van der Waals surface area contributed by atoms with Crippen LogP contribution >= 0.6 is 11.3 Å². The van der Waals surface area contributed by atoms with Gasteiger partial charge < -0.3 is 4.98 Å². The maximum atomic E-state index is 13.8. The zero-order valence-electron chi connectivity index (χ0n) is 10.6. The number of fused-ring (bicyclic) bond motifs is 3. The van der Waals surface area contributed by atoms with Gasteiger partial charge in [-0.2, -0.15) is 0 Å². The van der Waals surface area contributed by atoms with E-state index in [0.717, 1.165) is 29.7 Å². The van der Waals surface area contributed by atoms with Gasteiger partial charge >= 0.3 is 0 Å². The summed E-state index contributed by atoms with van der Waals surface area (Å²) in [5.41, 5.74) is 1.31. The molecule has 0 spiro atoms. The fourth-order valence-electron chi connectivity index (χ4n) is 2.78. The highest BCUT2D eigenvalue weighted by molar-refractivity contribution is 7.18. The number of aryl methyl sites for hydroxylation is 2. The molecule has 1 aliphatic carbocycles. The van der Waals surface area contributed by atoms with Crippen LogP contribution in [0.4, 0.5) is 4.39 Å². The molecule has 2 heterocycles. The highest BCUT2D eigenvalue weighted by atomic mass is 32.1. The van der Waals surface area contributed by atoms with Crippen LogP contribution in [0, 0.1) is 5.82 Å². The average Bonchev–Trinajstić information content (AvgIpc) is 2.98. The van der Waals surface area contributed by atoms with Crippen LogP contribution in [0.1, 0.15) is 16.9 Å². The molecule has 100 valence electrons. The van der Waals surface area contributed by atoms with Crippen molar-refractivity contribution in [2.75, 3.05) is 0 Å². The predicted octanol–water partition coefficient (Wildman–Crippen LogP) is 3.28. The van der Waals surface area contributed by atoms with Crippen molar-refractivity contribution in [2.45, 2.75) is 19.3 Å². The summed E-state index contributed by atoms with van der Waals surface area (Å²) in [6, 6.07) is 6.35. The quantitative estimate of drug-likeness (QED) is 0.746. The molecule has 0 saturated carbocycles. The lowest BCUT2D eigenvalue weighted by Gasteiger charge is -2.02. The summed E-state index contributed by atoms with van der Waals surface area (Å²) in [5, 5.41) is 0.697. The summed E-state index contributed by atoms with van der Waals surface area (Å²) in [5.74, 6) is -0.0698. The third-order valence-corrected chi connectivity index (χ3v) is 4.89. The largest absolute Gasteiger partial charge is 0.306 e. The molecule has 20 heavy (non-hydrogen) atoms. The second-order valence-electron chi connectivity index (χ2n) is 4.93. The van der Waals surface area contributed by atoms with Crippen molar-refractivity contribution in [1.29, 1.82) is 0 Å². The highest BCUT2D eigenvalue weighted by Crippen LogP contribution is 2.35. The number of H-pyrrole nitrogens is 1. The molecule has 0 amide bonds. The van der Waals surface area contributed by atoms with E-state index in [1.165, 1.54) is 10.9 Å². The van der Waals surface area contributed by atoms with E-state index >= 15 is 0 Å². The van der Waals surface area contributed by atoms with E-state index in [9.17, 15) is 9.18 Å². The third-order valence-electron chi connectivity index (χ3n) is 3.70. The molecule has 5 heteroatoms. The van der Waals surface area contributed by atoms with Crippen LogP contribution < -0.4 is 5.56 Å². The Balaban J connectivity index is 2.00. The van der Waals surface area contributed by atoms with E-state index in [2.05, 4.69) is 9.97 Å². The van der Waals surface area contributed by atoms with Gasteiger partial charge in [0.05, 0.1) is 10.9 Å². The number of thiophene rings is 1. The minimum Gasteiger partial charge on any atom is -0.306 e. The molecule has 1 N–H and O–H groups in total. The molecule has 4 rings (SSSR count). The first-order chi connectivity index (χ1) is 9.74. The summed E-state index contributed by atoms with van der Waals surface area (Å²) in [6.07, 6.45) is 3.07. The molecule has 0 aliphatic heterocycles. The van der Waals surface area contributed by atoms with Gasteiger partial charge in [0, 0.05) is 4.88 Å². The van der Waals surface area contributed by atoms with Crippen LogP contribution in [-0.4, -0.2) is 9.97 Å². The lowest BCUT2D eigenvalue weighted by molar-refractivity contribution is 0.630. The average molecular weight is 286 g/mol. The van der Waals surface area contributed by atoms with Gasteiger partial charge in [-0.05, 0) is 37.0 Å². The van der Waals surface area contributed by atoms with Gasteiger partial charge in [-0.1, -0.05) is 12.1 Å². The van der Waals surface area contributed by atoms with Crippen LogP contribution in [-0.2, 0) is 12.8 Å². The second-order valence-corrected chi connectivity index (χ2v) is 6.02. The maximum absolute atomic E-state index is 13.8. The van der Waals surface area contributed by atoms with Crippen molar-refractivity contribution < 1.29 is 4.39 Å². The van der Waals surface area contributed by atoms with E-state index in [1.54, 1.807) is 29.5 Å². The van der Waals surface area contributed by atoms with Gasteiger partial charge in [-0.15, -0.1) is 11.3 Å². The molecule has 0 unspecified atom stereocenters. The molecule has 1 aromatic carbocycles. The van der Waals surface area contributed by atoms with E-state index in [1.807, 2.05) is 0 Å². The Hall–Kier alpha value is -2.01. The second kappa shape index (κ2) is 4.24. The van der Waals surface area contributed by atoms with Gasteiger partial charge in [0.1, 0.15) is 16.5 Å². The summed E-state index contributed by atoms with van der Waals surface area (Å²) in [7, 11) is 0. The van der Waals surface area contributed by atoms with Gasteiger partial charge in [-0.25, -0.2) is 9.37 Å². The zero-order valence-corrected chi connectivity index (χ0v) is 11.4. The summed E-state index contributed by atoms with van der Waals surface area (Å²) >= 11 is 1.56. The molecule has 1 aliphatic rings. The Bertz CT molecular complexity index is 881. The van der Waals surface area contributed by atoms with Gasteiger partial charge in [-0.3, -0.25) is 4.79 Å². The standard InChI is InChI=1S/C15H11FN2OS/c16-10-6-2-1-4-8(10)13-17-14(19)12-9-5-3-7-11(9)20-15(12)18-13/h1-2,4,6H,3,5,7H2,(H,17,18,19). The smallest absolute Gasteiger partial charge is 0.260 e. The first kappa shape index (κ1) is 11.8. The molecule has 3 aromatic rings. The van der Waals surface area contributed by atoms with E-state index in [4.69, 9.17) is 0 Å². The number of aromatic amines is 1. The number of benzene rings is 1. The zero-order chi connectivity index (χ0) is 13.7. The van der Waals surface area contributed by atoms with E-state index < -0.39 is 0 Å². The number of nitrogens with one attached hydrogen (secondary N) is 1. The molecular weight excluding hydrogens is 275 g/mol. The Kier molecular flexibility index (Phi) is 2.50. The first-order valence-corrected chi connectivity index (χ1v) is 7.35. The lowest BCUT2D eigenvalue weighted by atomic mass is 10.2. The van der Waals surface area contributed by atoms with Crippen LogP contribution in [0.5, 0.6) is 0 Å². The fraction of sp³-hybridized carbons (Fsp3) is 0.200. The first-order valence-electron chi connectivity index (χ1n) is 6.53. The molecule has 0 bridgehead atoms. The normalized spacial score (nSPS) is 13.8. The molecule has 3 nitrogen and oxygen atoms in total. The molecule has 0 saturated heterocycles. The maximum Gasteiger partial charge on any atom is 0.260 e. The molecule has 0 fully saturated rings. The Morgan fingerprint density at radius 1 is 1.25 bits per heavy atom. The van der Waals surface area contributed by atoms with E-state index in [-0.39, 0.29) is 11.4 Å². The number of aromatic nitrogens is 2. The topological polar surface area (TPSA) is 45.8 Å². The monoisotopic (exact) mass is 286 g/mol. The van der Waals surface area contributed by atoms with Gasteiger partial charge in [0.2, 0.25) is 0 Å². The number of nitrogens with zero attached hydrogens (tertiary/aromatic N) is 1. The van der Waals surface area contributed by atoms with Gasteiger partial charge in [0.15, 0.2) is 0 Å². The molecule has 0 atom stereocenters. The third kappa shape index (κ3) is 1.63. The minimum absolute atomic E-state index is 0.160. The Morgan fingerprint density at radius 3 is 2.95 bits per heavy atom. The molecular formula is C15H11FN2OS. The van der Waals surface area contributed by atoms with Crippen molar-refractivity contribution in [3.8, 4) is 11.4 Å². The number of hydrogen-bond acceptors (Lipinski definition) is 3. The van der Waals surface area contributed by atoms with E-state index in [0.29, 0.717) is 16.8 Å². The van der Waals surface area contributed by atoms with Crippen molar-refractivity contribution >= 4 is 21.6 Å². The highest BCUT2D eigenvalue weighted by Gasteiger charge is 2.21. The number of hydrogen-bond donors (Lipinski definition) is 1.